The number of benzene rings is 1. The first-order chi connectivity index (χ1) is 8.78. The summed E-state index contributed by atoms with van der Waals surface area (Å²) in [7, 11) is -4.94. The minimum Gasteiger partial charge on any atom is -0.298 e. The van der Waals surface area contributed by atoms with Crippen molar-refractivity contribution in [2.45, 2.75) is 17.2 Å². The number of aldehydes is 1. The average molecular weight is 321 g/mol. The quantitative estimate of drug-likeness (QED) is 0.670. The Morgan fingerprint density at radius 1 is 1.00 bits per heavy atom. The lowest BCUT2D eigenvalue weighted by Gasteiger charge is -2.16. The van der Waals surface area contributed by atoms with E-state index >= 15 is 0 Å². The third kappa shape index (κ3) is 3.28. The number of primary sulfonamides is 1. The van der Waals surface area contributed by atoms with E-state index in [2.05, 4.69) is 5.14 Å². The van der Waals surface area contributed by atoms with Gasteiger partial charge in [0.05, 0.1) is 16.0 Å². The fourth-order valence-electron chi connectivity index (χ4n) is 1.38. The maximum atomic E-state index is 12.6. The smallest absolute Gasteiger partial charge is 0.298 e. The molecule has 0 amide bonds. The second-order valence-electron chi connectivity index (χ2n) is 3.59. The van der Waals surface area contributed by atoms with Crippen molar-refractivity contribution in [1.82, 2.24) is 0 Å². The molecule has 1 aromatic carbocycles. The Bertz CT molecular complexity index is 647. The Labute approximate surface area is 108 Å². The molecule has 0 bridgehead atoms. The molecule has 0 unspecified atom stereocenters. The van der Waals surface area contributed by atoms with E-state index in [1.165, 1.54) is 0 Å². The molecule has 0 fully saturated rings. The van der Waals surface area contributed by atoms with E-state index in [9.17, 15) is 39.6 Å². The van der Waals surface area contributed by atoms with Crippen LogP contribution in [0.1, 0.15) is 21.5 Å². The van der Waals surface area contributed by atoms with Gasteiger partial charge < -0.3 is 0 Å². The van der Waals surface area contributed by atoms with Gasteiger partial charge in [0, 0.05) is 5.56 Å². The number of rotatable bonds is 2. The molecule has 0 radical (unpaired) electrons. The topological polar surface area (TPSA) is 77.2 Å². The van der Waals surface area contributed by atoms with E-state index in [0.717, 1.165) is 0 Å². The largest absolute Gasteiger partial charge is 0.417 e. The van der Waals surface area contributed by atoms with Gasteiger partial charge in [-0.25, -0.2) is 13.6 Å². The number of carbonyl (C=O) groups is 1. The lowest BCUT2D eigenvalue weighted by Crippen LogP contribution is -2.21. The number of carbonyl (C=O) groups excluding carboxylic acids is 1. The SMILES string of the molecule is NS(=O)(=O)c1cc(C(F)(F)F)cc(C(F)(F)F)c1C=O. The maximum absolute atomic E-state index is 12.6. The zero-order valence-electron chi connectivity index (χ0n) is 9.21. The number of halogens is 6. The van der Waals surface area contributed by atoms with Crippen molar-refractivity contribution in [2.24, 2.45) is 5.14 Å². The van der Waals surface area contributed by atoms with E-state index in [4.69, 9.17) is 0 Å². The Balaban J connectivity index is 3.90. The average Bonchev–Trinajstić information content (AvgIpc) is 2.23. The highest BCUT2D eigenvalue weighted by Gasteiger charge is 2.40. The van der Waals surface area contributed by atoms with Crippen LogP contribution in [0.15, 0.2) is 17.0 Å². The summed E-state index contributed by atoms with van der Waals surface area (Å²) in [4.78, 5) is 9.07. The lowest BCUT2D eigenvalue weighted by atomic mass is 10.0. The summed E-state index contributed by atoms with van der Waals surface area (Å²) in [6.45, 7) is 0. The van der Waals surface area contributed by atoms with Crippen LogP contribution in [-0.2, 0) is 22.4 Å². The van der Waals surface area contributed by atoms with Gasteiger partial charge in [-0.1, -0.05) is 0 Å². The molecular weight excluding hydrogens is 316 g/mol. The van der Waals surface area contributed by atoms with Gasteiger partial charge in [0.25, 0.3) is 0 Å². The fourth-order valence-corrected chi connectivity index (χ4v) is 2.14. The van der Waals surface area contributed by atoms with Gasteiger partial charge in [0.15, 0.2) is 6.29 Å². The van der Waals surface area contributed by atoms with Gasteiger partial charge in [-0.3, -0.25) is 4.79 Å². The molecule has 112 valence electrons. The molecule has 0 atom stereocenters. The van der Waals surface area contributed by atoms with E-state index in [-0.39, 0.29) is 12.1 Å². The van der Waals surface area contributed by atoms with Crippen LogP contribution >= 0.6 is 0 Å². The first-order valence-electron chi connectivity index (χ1n) is 4.59. The van der Waals surface area contributed by atoms with Crippen LogP contribution in [0.2, 0.25) is 0 Å². The number of sulfonamides is 1. The zero-order chi connectivity index (χ0) is 15.9. The van der Waals surface area contributed by atoms with E-state index in [1.807, 2.05) is 0 Å². The molecule has 11 heteroatoms. The summed E-state index contributed by atoms with van der Waals surface area (Å²) in [5.41, 5.74) is -5.36. The molecule has 1 rings (SSSR count). The molecule has 0 spiro atoms. The van der Waals surface area contributed by atoms with Crippen LogP contribution in [0, 0.1) is 0 Å². The van der Waals surface area contributed by atoms with Gasteiger partial charge in [-0.2, -0.15) is 26.3 Å². The summed E-state index contributed by atoms with van der Waals surface area (Å²) in [5, 5.41) is 4.54. The molecule has 0 aromatic heterocycles. The Hall–Kier alpha value is -1.62. The molecular formula is C9H5F6NO3S. The molecule has 1 aromatic rings. The van der Waals surface area contributed by atoms with Crippen LogP contribution in [-0.4, -0.2) is 14.7 Å². The van der Waals surface area contributed by atoms with Gasteiger partial charge in [-0.15, -0.1) is 0 Å². The van der Waals surface area contributed by atoms with Crippen molar-refractivity contribution in [2.75, 3.05) is 0 Å². The number of alkyl halides is 6. The van der Waals surface area contributed by atoms with Crippen LogP contribution in [0.3, 0.4) is 0 Å². The van der Waals surface area contributed by atoms with Crippen LogP contribution in [0.4, 0.5) is 26.3 Å². The first-order valence-corrected chi connectivity index (χ1v) is 6.13. The highest BCUT2D eigenvalue weighted by Crippen LogP contribution is 2.39. The van der Waals surface area contributed by atoms with Crippen molar-refractivity contribution < 1.29 is 39.6 Å². The minimum atomic E-state index is -5.35. The van der Waals surface area contributed by atoms with Crippen LogP contribution < -0.4 is 5.14 Å². The maximum Gasteiger partial charge on any atom is 0.417 e. The Morgan fingerprint density at radius 2 is 1.50 bits per heavy atom. The summed E-state index contributed by atoms with van der Waals surface area (Å²) >= 11 is 0. The molecule has 0 saturated heterocycles. The highest BCUT2D eigenvalue weighted by atomic mass is 32.2. The predicted molar refractivity (Wildman–Crippen MR) is 53.2 cm³/mol. The van der Waals surface area contributed by atoms with Gasteiger partial charge >= 0.3 is 12.4 Å². The van der Waals surface area contributed by atoms with E-state index in [0.29, 0.717) is 0 Å². The molecule has 4 nitrogen and oxygen atoms in total. The molecule has 0 aliphatic rings. The van der Waals surface area contributed by atoms with Gasteiger partial charge in [-0.05, 0) is 12.1 Å². The fraction of sp³-hybridized carbons (Fsp3) is 0.222. The molecule has 0 saturated carbocycles. The summed E-state index contributed by atoms with van der Waals surface area (Å²) in [6.07, 6.45) is -11.1. The van der Waals surface area contributed by atoms with Crippen molar-refractivity contribution >= 4 is 16.3 Å². The van der Waals surface area contributed by atoms with Crippen LogP contribution in [0.5, 0.6) is 0 Å². The Morgan fingerprint density at radius 3 is 1.80 bits per heavy atom. The Kier molecular flexibility index (Phi) is 3.89. The van der Waals surface area contributed by atoms with Crippen molar-refractivity contribution in [1.29, 1.82) is 0 Å². The third-order valence-corrected chi connectivity index (χ3v) is 3.15. The van der Waals surface area contributed by atoms with E-state index in [1.54, 1.807) is 0 Å². The minimum absolute atomic E-state index is 0.117. The lowest BCUT2D eigenvalue weighted by molar-refractivity contribution is -0.143. The predicted octanol–water partition coefficient (Wildman–Crippen LogP) is 2.18. The molecule has 0 aliphatic heterocycles. The van der Waals surface area contributed by atoms with Gasteiger partial charge in [0.2, 0.25) is 10.0 Å². The first kappa shape index (κ1) is 16.4. The zero-order valence-corrected chi connectivity index (χ0v) is 10.0. The molecule has 0 aliphatic carbocycles. The van der Waals surface area contributed by atoms with E-state index < -0.39 is 50.2 Å². The summed E-state index contributed by atoms with van der Waals surface area (Å²) < 4.78 is 97.3. The second-order valence-corrected chi connectivity index (χ2v) is 5.12. The highest BCUT2D eigenvalue weighted by molar-refractivity contribution is 7.89. The summed E-state index contributed by atoms with van der Waals surface area (Å²) in [6, 6.07) is -0.466. The van der Waals surface area contributed by atoms with Crippen LogP contribution in [0.25, 0.3) is 0 Å². The normalized spacial score (nSPS) is 13.3. The molecule has 0 heterocycles. The van der Waals surface area contributed by atoms with Crippen molar-refractivity contribution in [3.05, 3.63) is 28.8 Å². The second kappa shape index (κ2) is 4.74. The molecule has 20 heavy (non-hydrogen) atoms. The van der Waals surface area contributed by atoms with Crippen molar-refractivity contribution in [3.8, 4) is 0 Å². The van der Waals surface area contributed by atoms with Gasteiger partial charge in [0.1, 0.15) is 0 Å². The number of nitrogens with two attached hydrogens (primary N) is 1. The van der Waals surface area contributed by atoms with Crippen molar-refractivity contribution in [3.63, 3.8) is 0 Å². The summed E-state index contributed by atoms with van der Waals surface area (Å²) in [5.74, 6) is 0. The number of hydrogen-bond donors (Lipinski definition) is 1. The molecule has 2 N–H and O–H groups in total. The number of hydrogen-bond acceptors (Lipinski definition) is 3. The standard InChI is InChI=1S/C9H5F6NO3S/c10-8(11,12)4-1-6(9(13,14)15)5(3-17)7(2-4)20(16,18)19/h1-3H,(H2,16,18,19). The third-order valence-electron chi connectivity index (χ3n) is 2.20. The monoisotopic (exact) mass is 321 g/mol.